The number of benzene rings is 1. The predicted octanol–water partition coefficient (Wildman–Crippen LogP) is 3.25. The minimum atomic E-state index is -0.0237. The summed E-state index contributed by atoms with van der Waals surface area (Å²) in [5, 5.41) is 12.2. The summed E-state index contributed by atoms with van der Waals surface area (Å²) >= 11 is 1.67. The zero-order valence-electron chi connectivity index (χ0n) is 12.7. The SMILES string of the molecule is CC(SCc1ccc(CO)cc1)C(=O)NC1CCCCC1. The van der Waals surface area contributed by atoms with Gasteiger partial charge in [0.15, 0.2) is 0 Å². The molecule has 1 aromatic rings. The quantitative estimate of drug-likeness (QED) is 0.848. The van der Waals surface area contributed by atoms with Gasteiger partial charge >= 0.3 is 0 Å². The Balaban J connectivity index is 1.74. The highest BCUT2D eigenvalue weighted by molar-refractivity contribution is 7.99. The van der Waals surface area contributed by atoms with Gasteiger partial charge in [-0.05, 0) is 30.9 Å². The molecule has 0 heterocycles. The summed E-state index contributed by atoms with van der Waals surface area (Å²) in [6, 6.07) is 8.29. The van der Waals surface area contributed by atoms with Crippen molar-refractivity contribution in [2.24, 2.45) is 0 Å². The lowest BCUT2D eigenvalue weighted by atomic mass is 9.95. The lowest BCUT2D eigenvalue weighted by molar-refractivity contribution is -0.121. The Hall–Kier alpha value is -1.00. The Morgan fingerprint density at radius 1 is 1.24 bits per heavy atom. The van der Waals surface area contributed by atoms with Crippen LogP contribution in [0.15, 0.2) is 24.3 Å². The van der Waals surface area contributed by atoms with Crippen LogP contribution < -0.4 is 5.32 Å². The monoisotopic (exact) mass is 307 g/mol. The van der Waals surface area contributed by atoms with Crippen LogP contribution in [0.4, 0.5) is 0 Å². The normalized spacial score (nSPS) is 17.4. The van der Waals surface area contributed by atoms with E-state index in [2.05, 4.69) is 5.32 Å². The van der Waals surface area contributed by atoms with Crippen LogP contribution in [0.5, 0.6) is 0 Å². The van der Waals surface area contributed by atoms with Gasteiger partial charge in [0.25, 0.3) is 0 Å². The molecule has 0 bridgehead atoms. The number of thioether (sulfide) groups is 1. The average Bonchev–Trinajstić information content (AvgIpc) is 2.54. The van der Waals surface area contributed by atoms with Crippen LogP contribution >= 0.6 is 11.8 Å². The summed E-state index contributed by atoms with van der Waals surface area (Å²) in [4.78, 5) is 12.2. The Bertz CT molecular complexity index is 441. The van der Waals surface area contributed by atoms with Crippen LogP contribution in [0, 0.1) is 0 Å². The van der Waals surface area contributed by atoms with Crippen LogP contribution in [0.2, 0.25) is 0 Å². The fraction of sp³-hybridized carbons (Fsp3) is 0.588. The molecule has 1 unspecified atom stereocenters. The molecule has 1 fully saturated rings. The molecule has 1 amide bonds. The molecule has 1 atom stereocenters. The zero-order valence-corrected chi connectivity index (χ0v) is 13.5. The summed E-state index contributed by atoms with van der Waals surface area (Å²) in [6.45, 7) is 2.05. The van der Waals surface area contributed by atoms with Crippen LogP contribution in [0.1, 0.15) is 50.2 Å². The molecule has 0 aromatic heterocycles. The van der Waals surface area contributed by atoms with E-state index in [1.54, 1.807) is 11.8 Å². The Labute approximate surface area is 131 Å². The predicted molar refractivity (Wildman–Crippen MR) is 88.1 cm³/mol. The fourth-order valence-corrected chi connectivity index (χ4v) is 3.46. The molecule has 0 aliphatic heterocycles. The Morgan fingerprint density at radius 3 is 2.48 bits per heavy atom. The topological polar surface area (TPSA) is 49.3 Å². The number of rotatable bonds is 6. The summed E-state index contributed by atoms with van der Waals surface area (Å²) < 4.78 is 0. The van der Waals surface area contributed by atoms with Crippen molar-refractivity contribution in [2.45, 2.75) is 62.7 Å². The van der Waals surface area contributed by atoms with Gasteiger partial charge in [-0.1, -0.05) is 43.5 Å². The van der Waals surface area contributed by atoms with E-state index >= 15 is 0 Å². The van der Waals surface area contributed by atoms with Crippen molar-refractivity contribution in [2.75, 3.05) is 0 Å². The molecule has 116 valence electrons. The third kappa shape index (κ3) is 5.36. The van der Waals surface area contributed by atoms with E-state index in [1.807, 2.05) is 31.2 Å². The second kappa shape index (κ2) is 8.44. The van der Waals surface area contributed by atoms with Gasteiger partial charge in [-0.2, -0.15) is 0 Å². The number of hydrogen-bond acceptors (Lipinski definition) is 3. The molecule has 3 nitrogen and oxygen atoms in total. The summed E-state index contributed by atoms with van der Waals surface area (Å²) in [7, 11) is 0. The van der Waals surface area contributed by atoms with Crippen molar-refractivity contribution in [1.82, 2.24) is 5.32 Å². The largest absolute Gasteiger partial charge is 0.392 e. The third-order valence-corrected chi connectivity index (χ3v) is 5.24. The van der Waals surface area contributed by atoms with Crippen molar-refractivity contribution in [1.29, 1.82) is 0 Å². The molecule has 1 aromatic carbocycles. The number of carbonyl (C=O) groups is 1. The van der Waals surface area contributed by atoms with Gasteiger partial charge < -0.3 is 10.4 Å². The first-order valence-corrected chi connectivity index (χ1v) is 8.84. The molecule has 0 spiro atoms. The molecule has 2 rings (SSSR count). The molecule has 2 N–H and O–H groups in total. The van der Waals surface area contributed by atoms with Crippen molar-refractivity contribution in [3.63, 3.8) is 0 Å². The molecular formula is C17H25NO2S. The van der Waals surface area contributed by atoms with Crippen LogP contribution in [-0.2, 0) is 17.2 Å². The van der Waals surface area contributed by atoms with Gasteiger partial charge in [0.05, 0.1) is 11.9 Å². The van der Waals surface area contributed by atoms with Crippen molar-refractivity contribution < 1.29 is 9.90 Å². The molecule has 0 saturated heterocycles. The Morgan fingerprint density at radius 2 is 1.86 bits per heavy atom. The van der Waals surface area contributed by atoms with Crippen LogP contribution in [-0.4, -0.2) is 22.3 Å². The molecule has 1 aliphatic carbocycles. The molecule has 1 saturated carbocycles. The minimum absolute atomic E-state index is 0.0237. The maximum atomic E-state index is 12.2. The second-order valence-corrected chi connectivity index (χ2v) is 7.10. The highest BCUT2D eigenvalue weighted by Crippen LogP contribution is 2.21. The maximum Gasteiger partial charge on any atom is 0.233 e. The zero-order chi connectivity index (χ0) is 15.1. The van der Waals surface area contributed by atoms with E-state index in [9.17, 15) is 4.79 Å². The maximum absolute atomic E-state index is 12.2. The molecule has 1 aliphatic rings. The average molecular weight is 307 g/mol. The van der Waals surface area contributed by atoms with Crippen molar-refractivity contribution in [3.8, 4) is 0 Å². The highest BCUT2D eigenvalue weighted by Gasteiger charge is 2.19. The molecule has 0 radical (unpaired) electrons. The standard InChI is InChI=1S/C17H25NO2S/c1-13(17(20)18-16-5-3-2-4-6-16)21-12-15-9-7-14(11-19)8-10-15/h7-10,13,16,19H,2-6,11-12H2,1H3,(H,18,20). The van der Waals surface area contributed by atoms with Gasteiger partial charge in [-0.25, -0.2) is 0 Å². The summed E-state index contributed by atoms with van der Waals surface area (Å²) in [6.07, 6.45) is 6.05. The van der Waals surface area contributed by atoms with E-state index in [0.29, 0.717) is 6.04 Å². The van der Waals surface area contributed by atoms with Crippen LogP contribution in [0.3, 0.4) is 0 Å². The van der Waals surface area contributed by atoms with Gasteiger partial charge in [0, 0.05) is 11.8 Å². The number of aliphatic hydroxyl groups is 1. The smallest absolute Gasteiger partial charge is 0.233 e. The number of hydrogen-bond donors (Lipinski definition) is 2. The number of carbonyl (C=O) groups excluding carboxylic acids is 1. The first kappa shape index (κ1) is 16.4. The van der Waals surface area contributed by atoms with Gasteiger partial charge in [0.1, 0.15) is 0 Å². The van der Waals surface area contributed by atoms with Crippen molar-refractivity contribution >= 4 is 17.7 Å². The number of amides is 1. The van der Waals surface area contributed by atoms with E-state index in [0.717, 1.165) is 24.2 Å². The first-order chi connectivity index (χ1) is 10.2. The third-order valence-electron chi connectivity index (χ3n) is 4.03. The number of nitrogens with one attached hydrogen (secondary N) is 1. The van der Waals surface area contributed by atoms with E-state index in [-0.39, 0.29) is 17.8 Å². The lowest BCUT2D eigenvalue weighted by Gasteiger charge is -2.24. The van der Waals surface area contributed by atoms with E-state index in [1.165, 1.54) is 24.8 Å². The molecular weight excluding hydrogens is 282 g/mol. The summed E-state index contributed by atoms with van der Waals surface area (Å²) in [5.41, 5.74) is 2.11. The highest BCUT2D eigenvalue weighted by atomic mass is 32.2. The minimum Gasteiger partial charge on any atom is -0.392 e. The van der Waals surface area contributed by atoms with Crippen LogP contribution in [0.25, 0.3) is 0 Å². The van der Waals surface area contributed by atoms with Gasteiger partial charge in [0.2, 0.25) is 5.91 Å². The molecule has 4 heteroatoms. The first-order valence-electron chi connectivity index (χ1n) is 7.79. The second-order valence-electron chi connectivity index (χ2n) is 5.77. The fourth-order valence-electron chi connectivity index (χ4n) is 2.60. The van der Waals surface area contributed by atoms with Gasteiger partial charge in [-0.15, -0.1) is 11.8 Å². The lowest BCUT2D eigenvalue weighted by Crippen LogP contribution is -2.40. The molecule has 21 heavy (non-hydrogen) atoms. The Kier molecular flexibility index (Phi) is 6.58. The summed E-state index contributed by atoms with van der Waals surface area (Å²) in [5.74, 6) is 0.990. The van der Waals surface area contributed by atoms with Gasteiger partial charge in [-0.3, -0.25) is 4.79 Å². The van der Waals surface area contributed by atoms with E-state index < -0.39 is 0 Å². The van der Waals surface area contributed by atoms with E-state index in [4.69, 9.17) is 5.11 Å². The number of aliphatic hydroxyl groups excluding tert-OH is 1. The van der Waals surface area contributed by atoms with Crippen molar-refractivity contribution in [3.05, 3.63) is 35.4 Å².